The van der Waals surface area contributed by atoms with Crippen LogP contribution in [0, 0.1) is 11.7 Å². The fraction of sp³-hybridized carbons (Fsp3) is 0.500. The highest BCUT2D eigenvalue weighted by Crippen LogP contribution is 2.43. The van der Waals surface area contributed by atoms with E-state index in [1.54, 1.807) is 0 Å². The van der Waals surface area contributed by atoms with Crippen molar-refractivity contribution in [3.05, 3.63) is 23.2 Å². The molecule has 2 atom stereocenters. The minimum Gasteiger partial charge on any atom is -0.321 e. The lowest BCUT2D eigenvalue weighted by Gasteiger charge is -2.26. The van der Waals surface area contributed by atoms with Gasteiger partial charge in [0.2, 0.25) is 0 Å². The lowest BCUT2D eigenvalue weighted by atomic mass is 10.1. The molecule has 96 valence electrons. The predicted octanol–water partition coefficient (Wildman–Crippen LogP) is 2.89. The fourth-order valence-electron chi connectivity index (χ4n) is 2.55. The van der Waals surface area contributed by atoms with Crippen molar-refractivity contribution >= 4 is 23.3 Å². The number of carbonyl (C=O) groups is 1. The van der Waals surface area contributed by atoms with Crippen LogP contribution in [0.1, 0.15) is 19.3 Å². The number of hydrogen-bond donors (Lipinski definition) is 1. The van der Waals surface area contributed by atoms with Crippen molar-refractivity contribution in [2.75, 3.05) is 11.9 Å². The van der Waals surface area contributed by atoms with E-state index in [9.17, 15) is 9.18 Å². The number of aromatic nitrogens is 1. The van der Waals surface area contributed by atoms with Crippen LogP contribution in [0.3, 0.4) is 0 Å². The van der Waals surface area contributed by atoms with E-state index in [1.165, 1.54) is 18.7 Å². The first-order chi connectivity index (χ1) is 8.65. The first-order valence-corrected chi connectivity index (χ1v) is 6.41. The molecule has 2 heterocycles. The third-order valence-electron chi connectivity index (χ3n) is 3.57. The molecule has 2 unspecified atom stereocenters. The van der Waals surface area contributed by atoms with E-state index in [1.807, 2.05) is 4.90 Å². The van der Waals surface area contributed by atoms with E-state index >= 15 is 0 Å². The van der Waals surface area contributed by atoms with Gasteiger partial charge in [-0.05, 0) is 25.2 Å². The SMILES string of the molecule is O=C(Nc1cnc(Cl)c(F)c1)N1CCCC2CC21. The van der Waals surface area contributed by atoms with Crippen LogP contribution in [0.15, 0.2) is 12.3 Å². The Hall–Kier alpha value is -1.36. The third kappa shape index (κ3) is 2.14. The van der Waals surface area contributed by atoms with Crippen molar-refractivity contribution in [3.63, 3.8) is 0 Å². The van der Waals surface area contributed by atoms with Crippen LogP contribution in [0.25, 0.3) is 0 Å². The summed E-state index contributed by atoms with van der Waals surface area (Å²) >= 11 is 5.49. The number of nitrogens with zero attached hydrogens (tertiary/aromatic N) is 2. The van der Waals surface area contributed by atoms with Gasteiger partial charge < -0.3 is 10.2 Å². The van der Waals surface area contributed by atoms with Gasteiger partial charge in [0.1, 0.15) is 0 Å². The Bertz CT molecular complexity index is 496. The normalized spacial score (nSPS) is 25.6. The van der Waals surface area contributed by atoms with Crippen LogP contribution in [0.5, 0.6) is 0 Å². The molecule has 0 aromatic carbocycles. The molecule has 1 N–H and O–H groups in total. The minimum atomic E-state index is -0.627. The second kappa shape index (κ2) is 4.39. The van der Waals surface area contributed by atoms with Gasteiger partial charge in [-0.1, -0.05) is 11.6 Å². The Morgan fingerprint density at radius 3 is 3.22 bits per heavy atom. The summed E-state index contributed by atoms with van der Waals surface area (Å²) < 4.78 is 13.2. The summed E-state index contributed by atoms with van der Waals surface area (Å²) in [6, 6.07) is 1.39. The van der Waals surface area contributed by atoms with Crippen molar-refractivity contribution in [2.24, 2.45) is 5.92 Å². The largest absolute Gasteiger partial charge is 0.322 e. The third-order valence-corrected chi connectivity index (χ3v) is 3.85. The van der Waals surface area contributed by atoms with E-state index in [0.29, 0.717) is 17.6 Å². The van der Waals surface area contributed by atoms with Crippen molar-refractivity contribution < 1.29 is 9.18 Å². The number of amides is 2. The molecular formula is C12H13ClFN3O. The van der Waals surface area contributed by atoms with E-state index in [-0.39, 0.29) is 11.2 Å². The van der Waals surface area contributed by atoms with Crippen LogP contribution in [-0.2, 0) is 0 Å². The molecule has 2 amide bonds. The van der Waals surface area contributed by atoms with E-state index in [4.69, 9.17) is 11.6 Å². The molecule has 0 bridgehead atoms. The Kier molecular flexibility index (Phi) is 2.86. The molecule has 2 aliphatic rings. The zero-order valence-corrected chi connectivity index (χ0v) is 10.5. The summed E-state index contributed by atoms with van der Waals surface area (Å²) in [6.07, 6.45) is 4.71. The predicted molar refractivity (Wildman–Crippen MR) is 66.1 cm³/mol. The van der Waals surface area contributed by atoms with Crippen LogP contribution < -0.4 is 5.32 Å². The highest BCUT2D eigenvalue weighted by atomic mass is 35.5. The van der Waals surface area contributed by atoms with Gasteiger partial charge >= 0.3 is 6.03 Å². The number of halogens is 2. The van der Waals surface area contributed by atoms with Crippen LogP contribution in [-0.4, -0.2) is 28.5 Å². The maximum atomic E-state index is 13.2. The lowest BCUT2D eigenvalue weighted by molar-refractivity contribution is 0.195. The smallest absolute Gasteiger partial charge is 0.321 e. The summed E-state index contributed by atoms with van der Waals surface area (Å²) in [5.74, 6) is 0.0435. The number of carbonyl (C=O) groups excluding carboxylic acids is 1. The molecule has 1 aliphatic heterocycles. The van der Waals surface area contributed by atoms with Crippen LogP contribution in [0.2, 0.25) is 5.15 Å². The highest BCUT2D eigenvalue weighted by Gasteiger charge is 2.45. The Morgan fingerprint density at radius 2 is 2.44 bits per heavy atom. The van der Waals surface area contributed by atoms with Gasteiger partial charge in [0.25, 0.3) is 0 Å². The number of likely N-dealkylation sites (tertiary alicyclic amines) is 1. The van der Waals surface area contributed by atoms with Gasteiger partial charge in [-0.2, -0.15) is 0 Å². The first kappa shape index (κ1) is 11.7. The topological polar surface area (TPSA) is 45.2 Å². The molecule has 4 nitrogen and oxygen atoms in total. The highest BCUT2D eigenvalue weighted by molar-refractivity contribution is 6.29. The first-order valence-electron chi connectivity index (χ1n) is 6.04. The molecule has 1 aliphatic carbocycles. The van der Waals surface area contributed by atoms with Crippen LogP contribution >= 0.6 is 11.6 Å². The average Bonchev–Trinajstić information content (AvgIpc) is 3.12. The summed E-state index contributed by atoms with van der Waals surface area (Å²) in [6.45, 7) is 0.774. The van der Waals surface area contributed by atoms with Gasteiger partial charge in [0.15, 0.2) is 11.0 Å². The van der Waals surface area contributed by atoms with E-state index in [0.717, 1.165) is 19.4 Å². The average molecular weight is 270 g/mol. The molecule has 0 spiro atoms. The number of hydrogen-bond acceptors (Lipinski definition) is 2. The Morgan fingerprint density at radius 1 is 1.61 bits per heavy atom. The summed E-state index contributed by atoms with van der Waals surface area (Å²) in [7, 11) is 0. The lowest BCUT2D eigenvalue weighted by Crippen LogP contribution is -2.40. The van der Waals surface area contributed by atoms with Gasteiger partial charge in [0, 0.05) is 18.7 Å². The van der Waals surface area contributed by atoms with E-state index in [2.05, 4.69) is 10.3 Å². The monoisotopic (exact) mass is 269 g/mol. The molecule has 6 heteroatoms. The summed E-state index contributed by atoms with van der Waals surface area (Å²) in [5, 5.41) is 2.48. The minimum absolute atomic E-state index is 0.175. The maximum Gasteiger partial charge on any atom is 0.322 e. The standard InChI is InChI=1S/C12H13ClFN3O/c13-11-9(14)5-8(6-15-11)16-12(18)17-3-1-2-7-4-10(7)17/h5-7,10H,1-4H2,(H,16,18). The summed E-state index contributed by atoms with van der Waals surface area (Å²) in [4.78, 5) is 17.5. The second-order valence-corrected chi connectivity index (χ2v) is 5.18. The van der Waals surface area contributed by atoms with Gasteiger partial charge in [-0.25, -0.2) is 14.2 Å². The number of piperidine rings is 1. The molecule has 0 radical (unpaired) electrons. The molecule has 18 heavy (non-hydrogen) atoms. The molecule has 1 saturated heterocycles. The Labute approximate surface area is 109 Å². The van der Waals surface area contributed by atoms with Gasteiger partial charge in [-0.15, -0.1) is 0 Å². The number of urea groups is 1. The maximum absolute atomic E-state index is 13.2. The quantitative estimate of drug-likeness (QED) is 0.797. The van der Waals surface area contributed by atoms with E-state index < -0.39 is 5.82 Å². The number of rotatable bonds is 1. The van der Waals surface area contributed by atoms with Crippen molar-refractivity contribution in [1.82, 2.24) is 9.88 Å². The zero-order valence-electron chi connectivity index (χ0n) is 9.70. The zero-order chi connectivity index (χ0) is 12.7. The van der Waals surface area contributed by atoms with Crippen molar-refractivity contribution in [2.45, 2.75) is 25.3 Å². The fourth-order valence-corrected chi connectivity index (χ4v) is 2.65. The number of anilines is 1. The molecule has 1 aromatic heterocycles. The second-order valence-electron chi connectivity index (χ2n) is 4.83. The van der Waals surface area contributed by atoms with Gasteiger partial charge in [0.05, 0.1) is 11.9 Å². The Balaban J connectivity index is 1.68. The summed E-state index contributed by atoms with van der Waals surface area (Å²) in [5.41, 5.74) is 0.338. The number of nitrogens with one attached hydrogen (secondary N) is 1. The van der Waals surface area contributed by atoms with Crippen molar-refractivity contribution in [3.8, 4) is 0 Å². The number of fused-ring (bicyclic) bond motifs is 1. The van der Waals surface area contributed by atoms with Crippen LogP contribution in [0.4, 0.5) is 14.9 Å². The molecule has 2 fully saturated rings. The molecule has 1 aromatic rings. The number of pyridine rings is 1. The van der Waals surface area contributed by atoms with Crippen molar-refractivity contribution in [1.29, 1.82) is 0 Å². The molecule has 1 saturated carbocycles. The molecular weight excluding hydrogens is 257 g/mol. The molecule has 3 rings (SSSR count). The van der Waals surface area contributed by atoms with Gasteiger partial charge in [-0.3, -0.25) is 0 Å².